The second kappa shape index (κ2) is 5.04. The molecule has 2 aliphatic rings. The first-order chi connectivity index (χ1) is 9.19. The molecule has 4 nitrogen and oxygen atoms in total. The summed E-state index contributed by atoms with van der Waals surface area (Å²) in [4.78, 5) is 17.5. The number of nitrogens with zero attached hydrogens (tertiary/aromatic N) is 2. The molecule has 3 heterocycles. The molecule has 1 aromatic rings. The van der Waals surface area contributed by atoms with Gasteiger partial charge in [0.1, 0.15) is 5.82 Å². The molecular weight excluding hydrogens is 260 g/mol. The van der Waals surface area contributed by atoms with Gasteiger partial charge in [-0.3, -0.25) is 0 Å². The van der Waals surface area contributed by atoms with E-state index in [4.69, 9.17) is 5.11 Å². The molecule has 5 heteroatoms. The van der Waals surface area contributed by atoms with Gasteiger partial charge in [-0.25, -0.2) is 9.78 Å². The quantitative estimate of drug-likeness (QED) is 0.901. The van der Waals surface area contributed by atoms with E-state index in [0.29, 0.717) is 5.41 Å². The van der Waals surface area contributed by atoms with Crippen LogP contribution in [0.25, 0.3) is 0 Å². The van der Waals surface area contributed by atoms with Crippen LogP contribution in [0.5, 0.6) is 0 Å². The Morgan fingerprint density at radius 3 is 3.05 bits per heavy atom. The number of piperidine rings is 1. The molecule has 0 amide bonds. The van der Waals surface area contributed by atoms with Gasteiger partial charge >= 0.3 is 5.97 Å². The molecule has 0 radical (unpaired) electrons. The fourth-order valence-corrected chi connectivity index (χ4v) is 4.63. The van der Waals surface area contributed by atoms with Gasteiger partial charge in [0.25, 0.3) is 0 Å². The Kier molecular flexibility index (Phi) is 3.39. The highest BCUT2D eigenvalue weighted by Gasteiger charge is 2.38. The monoisotopic (exact) mass is 278 g/mol. The summed E-state index contributed by atoms with van der Waals surface area (Å²) in [5, 5.41) is 9.03. The molecule has 1 atom stereocenters. The topological polar surface area (TPSA) is 53.4 Å². The van der Waals surface area contributed by atoms with Crippen molar-refractivity contribution in [3.05, 3.63) is 23.9 Å². The molecule has 0 aliphatic carbocycles. The maximum absolute atomic E-state index is 11.0. The highest BCUT2D eigenvalue weighted by molar-refractivity contribution is 7.99. The van der Waals surface area contributed by atoms with E-state index in [9.17, 15) is 4.79 Å². The van der Waals surface area contributed by atoms with Crippen LogP contribution in [0.15, 0.2) is 18.2 Å². The van der Waals surface area contributed by atoms with Gasteiger partial charge in [0.05, 0.1) is 0 Å². The maximum Gasteiger partial charge on any atom is 0.354 e. The van der Waals surface area contributed by atoms with Crippen molar-refractivity contribution in [3.63, 3.8) is 0 Å². The first-order valence-corrected chi connectivity index (χ1v) is 7.87. The summed E-state index contributed by atoms with van der Waals surface area (Å²) in [6, 6.07) is 5.26. The average Bonchev–Trinajstić information content (AvgIpc) is 2.87. The minimum Gasteiger partial charge on any atom is -0.477 e. The van der Waals surface area contributed by atoms with Crippen molar-refractivity contribution in [1.29, 1.82) is 0 Å². The fourth-order valence-electron chi connectivity index (χ4n) is 3.09. The number of pyridine rings is 1. The molecule has 1 N–H and O–H groups in total. The van der Waals surface area contributed by atoms with E-state index in [2.05, 4.69) is 9.88 Å². The van der Waals surface area contributed by atoms with Gasteiger partial charge in [-0.1, -0.05) is 6.07 Å². The first kappa shape index (κ1) is 12.8. The molecule has 1 aromatic heterocycles. The summed E-state index contributed by atoms with van der Waals surface area (Å²) in [6.45, 7) is 2.01. The lowest BCUT2D eigenvalue weighted by atomic mass is 9.79. The molecule has 2 fully saturated rings. The Labute approximate surface area is 117 Å². The third kappa shape index (κ3) is 2.56. The van der Waals surface area contributed by atoms with Gasteiger partial charge in [-0.05, 0) is 42.6 Å². The summed E-state index contributed by atoms with van der Waals surface area (Å²) in [7, 11) is 0. The van der Waals surface area contributed by atoms with Gasteiger partial charge in [0.2, 0.25) is 0 Å². The van der Waals surface area contributed by atoms with Gasteiger partial charge in [-0.2, -0.15) is 11.8 Å². The minimum absolute atomic E-state index is 0.137. The molecule has 2 aliphatic heterocycles. The molecular formula is C14H18N2O2S. The Morgan fingerprint density at radius 1 is 1.42 bits per heavy atom. The van der Waals surface area contributed by atoms with Crippen molar-refractivity contribution < 1.29 is 9.90 Å². The van der Waals surface area contributed by atoms with Crippen LogP contribution in [0, 0.1) is 5.41 Å². The zero-order valence-electron chi connectivity index (χ0n) is 10.8. The third-order valence-electron chi connectivity index (χ3n) is 4.12. The van der Waals surface area contributed by atoms with Gasteiger partial charge < -0.3 is 10.0 Å². The van der Waals surface area contributed by atoms with Crippen molar-refractivity contribution in [2.45, 2.75) is 19.3 Å². The second-order valence-corrected chi connectivity index (χ2v) is 6.62. The summed E-state index contributed by atoms with van der Waals surface area (Å²) in [5.41, 5.74) is 0.571. The summed E-state index contributed by atoms with van der Waals surface area (Å²) >= 11 is 2.04. The zero-order valence-corrected chi connectivity index (χ0v) is 11.7. The predicted molar refractivity (Wildman–Crippen MR) is 77.0 cm³/mol. The van der Waals surface area contributed by atoms with Crippen LogP contribution in [0.1, 0.15) is 29.8 Å². The number of thioether (sulfide) groups is 1. The second-order valence-electron chi connectivity index (χ2n) is 5.51. The first-order valence-electron chi connectivity index (χ1n) is 6.72. The van der Waals surface area contributed by atoms with Crippen LogP contribution in [0.2, 0.25) is 0 Å². The van der Waals surface area contributed by atoms with E-state index in [1.54, 1.807) is 12.1 Å². The Balaban J connectivity index is 1.81. The van der Waals surface area contributed by atoms with Crippen LogP contribution < -0.4 is 4.90 Å². The number of aromatic nitrogens is 1. The van der Waals surface area contributed by atoms with Crippen LogP contribution in [0.3, 0.4) is 0 Å². The smallest absolute Gasteiger partial charge is 0.354 e. The molecule has 102 valence electrons. The van der Waals surface area contributed by atoms with Crippen LogP contribution in [0.4, 0.5) is 5.82 Å². The number of hydrogen-bond acceptors (Lipinski definition) is 4. The van der Waals surface area contributed by atoms with Crippen LogP contribution in [-0.4, -0.2) is 40.7 Å². The van der Waals surface area contributed by atoms with Crippen LogP contribution >= 0.6 is 11.8 Å². The molecule has 0 aromatic carbocycles. The van der Waals surface area contributed by atoms with Crippen molar-refractivity contribution in [1.82, 2.24) is 4.98 Å². The van der Waals surface area contributed by atoms with Crippen molar-refractivity contribution in [3.8, 4) is 0 Å². The lowest BCUT2D eigenvalue weighted by molar-refractivity contribution is 0.0690. The van der Waals surface area contributed by atoms with Crippen LogP contribution in [-0.2, 0) is 0 Å². The molecule has 2 saturated heterocycles. The van der Waals surface area contributed by atoms with Crippen molar-refractivity contribution >= 4 is 23.5 Å². The standard InChI is InChI=1S/C14H18N2O2S/c17-13(18)11-3-1-4-12(15-11)16-7-2-5-14(9-16)6-8-19-10-14/h1,3-4H,2,5-10H2,(H,17,18). The number of hydrogen-bond donors (Lipinski definition) is 1. The Bertz CT molecular complexity index is 486. The van der Waals surface area contributed by atoms with E-state index in [0.717, 1.165) is 18.9 Å². The van der Waals surface area contributed by atoms with E-state index in [1.807, 2.05) is 17.8 Å². The molecule has 0 bridgehead atoms. The SMILES string of the molecule is O=C(O)c1cccc(N2CCCC3(CCSC3)C2)n1. The number of rotatable bonds is 2. The van der Waals surface area contributed by atoms with Crippen molar-refractivity contribution in [2.24, 2.45) is 5.41 Å². The van der Waals surface area contributed by atoms with E-state index < -0.39 is 5.97 Å². The van der Waals surface area contributed by atoms with Gasteiger partial charge in [0.15, 0.2) is 5.69 Å². The third-order valence-corrected chi connectivity index (χ3v) is 5.43. The molecule has 3 rings (SSSR count). The van der Waals surface area contributed by atoms with Gasteiger partial charge in [0, 0.05) is 18.8 Å². The Hall–Kier alpha value is -1.23. The van der Waals surface area contributed by atoms with E-state index in [-0.39, 0.29) is 5.69 Å². The highest BCUT2D eigenvalue weighted by atomic mass is 32.2. The van der Waals surface area contributed by atoms with Crippen molar-refractivity contribution in [2.75, 3.05) is 29.5 Å². The summed E-state index contributed by atoms with van der Waals surface area (Å²) < 4.78 is 0. The van der Waals surface area contributed by atoms with E-state index in [1.165, 1.54) is 30.8 Å². The minimum atomic E-state index is -0.954. The molecule has 1 unspecified atom stereocenters. The lowest BCUT2D eigenvalue weighted by Crippen LogP contribution is -2.43. The fraction of sp³-hybridized carbons (Fsp3) is 0.571. The average molecular weight is 278 g/mol. The summed E-state index contributed by atoms with van der Waals surface area (Å²) in [5.74, 6) is 2.36. The number of carbonyl (C=O) groups is 1. The number of carboxylic acid groups (broad SMARTS) is 1. The summed E-state index contributed by atoms with van der Waals surface area (Å²) in [6.07, 6.45) is 3.77. The highest BCUT2D eigenvalue weighted by Crippen LogP contribution is 2.43. The lowest BCUT2D eigenvalue weighted by Gasteiger charge is -2.40. The normalized spacial score (nSPS) is 26.8. The predicted octanol–water partition coefficient (Wildman–Crippen LogP) is 2.50. The van der Waals surface area contributed by atoms with Gasteiger partial charge in [-0.15, -0.1) is 0 Å². The molecule has 1 spiro atoms. The maximum atomic E-state index is 11.0. The Morgan fingerprint density at radius 2 is 2.32 bits per heavy atom. The number of anilines is 1. The number of aromatic carboxylic acids is 1. The number of carboxylic acids is 1. The largest absolute Gasteiger partial charge is 0.477 e. The zero-order chi connectivity index (χ0) is 13.3. The molecule has 0 saturated carbocycles. The molecule has 19 heavy (non-hydrogen) atoms. The van der Waals surface area contributed by atoms with E-state index >= 15 is 0 Å².